The minimum atomic E-state index is -0.207. The first-order chi connectivity index (χ1) is 9.40. The number of methoxy groups -OCH3 is 1. The molecule has 3 nitrogen and oxygen atoms in total. The van der Waals surface area contributed by atoms with Crippen molar-refractivity contribution in [3.8, 4) is 0 Å². The Kier molecular flexibility index (Phi) is 4.38. The summed E-state index contributed by atoms with van der Waals surface area (Å²) in [7, 11) is 1.79. The molecule has 20 heavy (non-hydrogen) atoms. The molecule has 2 rings (SSSR count). The topological polar surface area (TPSA) is 29.5 Å². The Morgan fingerprint density at radius 2 is 2.15 bits per heavy atom. The highest BCUT2D eigenvalue weighted by atomic mass is 16.5. The molecule has 1 amide bonds. The van der Waals surface area contributed by atoms with Crippen molar-refractivity contribution in [3.05, 3.63) is 23.8 Å². The number of hydrogen-bond donors (Lipinski definition) is 0. The fourth-order valence-corrected chi connectivity index (χ4v) is 3.96. The van der Waals surface area contributed by atoms with Gasteiger partial charge in [-0.15, -0.1) is 0 Å². The third-order valence-corrected chi connectivity index (χ3v) is 4.76. The Bertz CT molecular complexity index is 436. The third-order valence-electron chi connectivity index (χ3n) is 4.76. The Labute approximate surface area is 122 Å². The van der Waals surface area contributed by atoms with Crippen LogP contribution in [0, 0.1) is 5.92 Å². The maximum atomic E-state index is 12.5. The second kappa shape index (κ2) is 5.72. The Hall–Kier alpha value is -1.09. The van der Waals surface area contributed by atoms with Crippen molar-refractivity contribution < 1.29 is 9.53 Å². The number of allylic oxidation sites excluding steroid dienone is 1. The van der Waals surface area contributed by atoms with Gasteiger partial charge in [-0.2, -0.15) is 0 Å². The summed E-state index contributed by atoms with van der Waals surface area (Å²) in [6.45, 7) is 8.37. The first kappa shape index (κ1) is 15.3. The number of fused-ring (bicyclic) bond motifs is 1. The number of rotatable bonds is 2. The van der Waals surface area contributed by atoms with Gasteiger partial charge >= 0.3 is 0 Å². The third kappa shape index (κ3) is 2.69. The lowest BCUT2D eigenvalue weighted by Crippen LogP contribution is -2.59. The maximum absolute atomic E-state index is 12.5. The molecule has 1 saturated carbocycles. The average molecular weight is 277 g/mol. The summed E-state index contributed by atoms with van der Waals surface area (Å²) in [6.07, 6.45) is 9.21. The monoisotopic (exact) mass is 277 g/mol. The van der Waals surface area contributed by atoms with Crippen molar-refractivity contribution in [2.75, 3.05) is 7.11 Å². The van der Waals surface area contributed by atoms with E-state index in [9.17, 15) is 4.79 Å². The molecule has 3 heteroatoms. The minimum absolute atomic E-state index is 0.132. The average Bonchev–Trinajstić information content (AvgIpc) is 2.37. The Morgan fingerprint density at radius 3 is 2.75 bits per heavy atom. The number of carbonyl (C=O) groups is 1. The zero-order valence-corrected chi connectivity index (χ0v) is 13.3. The van der Waals surface area contributed by atoms with Gasteiger partial charge in [0.15, 0.2) is 0 Å². The zero-order valence-electron chi connectivity index (χ0n) is 13.3. The highest BCUT2D eigenvalue weighted by Gasteiger charge is 2.45. The lowest BCUT2D eigenvalue weighted by atomic mass is 9.72. The van der Waals surface area contributed by atoms with Crippen LogP contribution in [-0.2, 0) is 9.53 Å². The zero-order chi connectivity index (χ0) is 14.9. The molecule has 0 radical (unpaired) electrons. The predicted octanol–water partition coefficient (Wildman–Crippen LogP) is 3.31. The van der Waals surface area contributed by atoms with Crippen molar-refractivity contribution in [1.82, 2.24) is 4.90 Å². The van der Waals surface area contributed by atoms with Gasteiger partial charge in [-0.25, -0.2) is 0 Å². The van der Waals surface area contributed by atoms with Crippen LogP contribution in [-0.4, -0.2) is 35.6 Å². The van der Waals surface area contributed by atoms with Gasteiger partial charge in [-0.1, -0.05) is 17.7 Å². The number of carbonyl (C=O) groups excluding carboxylic acids is 1. The van der Waals surface area contributed by atoms with Gasteiger partial charge in [0.05, 0.1) is 11.6 Å². The van der Waals surface area contributed by atoms with E-state index in [1.54, 1.807) is 13.2 Å². The summed E-state index contributed by atoms with van der Waals surface area (Å²) in [6, 6.07) is 0.310. The van der Waals surface area contributed by atoms with E-state index in [4.69, 9.17) is 4.74 Å². The van der Waals surface area contributed by atoms with Crippen molar-refractivity contribution in [2.45, 2.75) is 64.6 Å². The Balaban J connectivity index is 2.34. The summed E-state index contributed by atoms with van der Waals surface area (Å²) in [5.41, 5.74) is 1.20. The SMILES string of the molecule is C/C=C/C(=O)N1C2CCC(OC)CC2C(C)=CC1(C)C. The van der Waals surface area contributed by atoms with Crippen molar-refractivity contribution in [1.29, 1.82) is 0 Å². The van der Waals surface area contributed by atoms with Crippen LogP contribution >= 0.6 is 0 Å². The summed E-state index contributed by atoms with van der Waals surface area (Å²) >= 11 is 0. The fraction of sp³-hybridized carbons (Fsp3) is 0.706. The van der Waals surface area contributed by atoms with Gasteiger partial charge < -0.3 is 9.64 Å². The van der Waals surface area contributed by atoms with Crippen LogP contribution in [0.4, 0.5) is 0 Å². The molecular weight excluding hydrogens is 250 g/mol. The molecule has 0 aromatic rings. The molecule has 3 atom stereocenters. The molecule has 0 spiro atoms. The Morgan fingerprint density at radius 1 is 1.45 bits per heavy atom. The second-order valence-electron chi connectivity index (χ2n) is 6.59. The van der Waals surface area contributed by atoms with Gasteiger partial charge in [0.1, 0.15) is 0 Å². The molecule has 0 aromatic carbocycles. The van der Waals surface area contributed by atoms with Crippen LogP contribution in [0.25, 0.3) is 0 Å². The lowest BCUT2D eigenvalue weighted by molar-refractivity contribution is -0.137. The predicted molar refractivity (Wildman–Crippen MR) is 81.4 cm³/mol. The molecule has 112 valence electrons. The molecule has 1 heterocycles. The van der Waals surface area contributed by atoms with E-state index in [1.165, 1.54) is 5.57 Å². The van der Waals surface area contributed by atoms with Gasteiger partial charge in [0, 0.05) is 19.1 Å². The first-order valence-electron chi connectivity index (χ1n) is 7.59. The number of ether oxygens (including phenoxy) is 1. The van der Waals surface area contributed by atoms with Gasteiger partial charge in [-0.05, 0) is 53.0 Å². The molecule has 1 aliphatic carbocycles. The fourth-order valence-electron chi connectivity index (χ4n) is 3.96. The molecule has 0 saturated heterocycles. The molecule has 1 aliphatic heterocycles. The molecule has 0 aromatic heterocycles. The van der Waals surface area contributed by atoms with E-state index >= 15 is 0 Å². The quantitative estimate of drug-likeness (QED) is 0.572. The summed E-state index contributed by atoms with van der Waals surface area (Å²) in [4.78, 5) is 14.6. The van der Waals surface area contributed by atoms with Crippen molar-refractivity contribution in [2.24, 2.45) is 5.92 Å². The van der Waals surface area contributed by atoms with Crippen LogP contribution in [0.5, 0.6) is 0 Å². The van der Waals surface area contributed by atoms with Crippen LogP contribution in [0.2, 0.25) is 0 Å². The van der Waals surface area contributed by atoms with Gasteiger partial charge in [0.25, 0.3) is 0 Å². The normalized spacial score (nSPS) is 33.0. The maximum Gasteiger partial charge on any atom is 0.247 e. The molecular formula is C17H27NO2. The van der Waals surface area contributed by atoms with Crippen LogP contribution < -0.4 is 0 Å². The second-order valence-corrected chi connectivity index (χ2v) is 6.59. The molecule has 0 bridgehead atoms. The number of amides is 1. The van der Waals surface area contributed by atoms with Crippen LogP contribution in [0.3, 0.4) is 0 Å². The summed E-state index contributed by atoms with van der Waals surface area (Å²) in [5.74, 6) is 0.572. The standard InChI is InChI=1S/C17H27NO2/c1-6-7-16(19)18-15-9-8-13(20-5)10-14(15)12(2)11-17(18,3)4/h6-7,11,13-15H,8-10H2,1-5H3/b7-6+. The lowest BCUT2D eigenvalue weighted by Gasteiger charge is -2.52. The van der Waals surface area contributed by atoms with Gasteiger partial charge in [-0.3, -0.25) is 4.79 Å². The van der Waals surface area contributed by atoms with Crippen molar-refractivity contribution >= 4 is 5.91 Å². The van der Waals surface area contributed by atoms with E-state index in [1.807, 2.05) is 13.0 Å². The summed E-state index contributed by atoms with van der Waals surface area (Å²) < 4.78 is 5.54. The van der Waals surface area contributed by atoms with Crippen molar-refractivity contribution in [3.63, 3.8) is 0 Å². The molecule has 3 unspecified atom stereocenters. The summed E-state index contributed by atoms with van der Waals surface area (Å²) in [5, 5.41) is 0. The molecule has 2 aliphatic rings. The van der Waals surface area contributed by atoms with Crippen LogP contribution in [0.1, 0.15) is 47.0 Å². The number of nitrogens with zero attached hydrogens (tertiary/aromatic N) is 1. The van der Waals surface area contributed by atoms with E-state index in [-0.39, 0.29) is 11.4 Å². The highest BCUT2D eigenvalue weighted by Crippen LogP contribution is 2.42. The largest absolute Gasteiger partial charge is 0.381 e. The molecule has 1 fully saturated rings. The van der Waals surface area contributed by atoms with E-state index in [2.05, 4.69) is 31.7 Å². The van der Waals surface area contributed by atoms with Crippen LogP contribution in [0.15, 0.2) is 23.8 Å². The van der Waals surface area contributed by atoms with E-state index in [0.29, 0.717) is 18.1 Å². The van der Waals surface area contributed by atoms with E-state index < -0.39 is 0 Å². The molecule has 0 N–H and O–H groups in total. The minimum Gasteiger partial charge on any atom is -0.381 e. The van der Waals surface area contributed by atoms with E-state index in [0.717, 1.165) is 19.3 Å². The highest BCUT2D eigenvalue weighted by molar-refractivity contribution is 5.89. The number of hydrogen-bond acceptors (Lipinski definition) is 2. The smallest absolute Gasteiger partial charge is 0.247 e. The van der Waals surface area contributed by atoms with Gasteiger partial charge in [0.2, 0.25) is 5.91 Å². The first-order valence-corrected chi connectivity index (χ1v) is 7.59.